The number of halogens is 1. The van der Waals surface area contributed by atoms with Crippen molar-refractivity contribution in [3.63, 3.8) is 0 Å². The van der Waals surface area contributed by atoms with Crippen molar-refractivity contribution in [1.29, 1.82) is 0 Å². The number of aromatic nitrogens is 2. The average molecular weight is 353 g/mol. The fraction of sp³-hybridized carbons (Fsp3) is 0.105. The summed E-state index contributed by atoms with van der Waals surface area (Å²) in [7, 11) is 0. The van der Waals surface area contributed by atoms with Crippen LogP contribution in [-0.2, 0) is 0 Å². The van der Waals surface area contributed by atoms with Crippen LogP contribution in [0.4, 0.5) is 11.5 Å². The lowest BCUT2D eigenvalue weighted by Gasteiger charge is -2.14. The Morgan fingerprint density at radius 3 is 2.52 bits per heavy atom. The van der Waals surface area contributed by atoms with Gasteiger partial charge in [-0.2, -0.15) is 0 Å². The number of carbonyl (C=O) groups is 1. The number of carbonyl (C=O) groups excluding carboxylic acids is 1. The monoisotopic (exact) mass is 352 g/mol. The van der Waals surface area contributed by atoms with Crippen molar-refractivity contribution >= 4 is 29.0 Å². The van der Waals surface area contributed by atoms with Crippen LogP contribution in [0.1, 0.15) is 29.0 Å². The van der Waals surface area contributed by atoms with E-state index in [9.17, 15) is 4.79 Å². The van der Waals surface area contributed by atoms with E-state index in [2.05, 4.69) is 20.6 Å². The summed E-state index contributed by atoms with van der Waals surface area (Å²) >= 11 is 5.95. The Morgan fingerprint density at radius 2 is 1.84 bits per heavy atom. The van der Waals surface area contributed by atoms with E-state index in [0.29, 0.717) is 10.8 Å². The van der Waals surface area contributed by atoms with E-state index in [4.69, 9.17) is 11.6 Å². The second-order valence-electron chi connectivity index (χ2n) is 5.53. The fourth-order valence-electron chi connectivity index (χ4n) is 2.32. The summed E-state index contributed by atoms with van der Waals surface area (Å²) in [5.41, 5.74) is 2.10. The minimum absolute atomic E-state index is 0.111. The molecule has 0 aliphatic heterocycles. The van der Waals surface area contributed by atoms with Gasteiger partial charge in [-0.1, -0.05) is 48.0 Å². The largest absolute Gasteiger partial charge is 0.344 e. The zero-order valence-electron chi connectivity index (χ0n) is 13.6. The summed E-state index contributed by atoms with van der Waals surface area (Å²) < 4.78 is 0. The van der Waals surface area contributed by atoms with Crippen molar-refractivity contribution in [2.24, 2.45) is 0 Å². The Balaban J connectivity index is 1.64. The van der Waals surface area contributed by atoms with E-state index in [1.54, 1.807) is 12.1 Å². The zero-order chi connectivity index (χ0) is 17.6. The summed E-state index contributed by atoms with van der Waals surface area (Å²) in [6.45, 7) is 1.93. The van der Waals surface area contributed by atoms with Crippen LogP contribution in [-0.4, -0.2) is 15.9 Å². The molecule has 1 heterocycles. The molecule has 0 saturated heterocycles. The Hall–Kier alpha value is -2.92. The van der Waals surface area contributed by atoms with Gasteiger partial charge in [-0.15, -0.1) is 0 Å². The molecule has 126 valence electrons. The molecular weight excluding hydrogens is 336 g/mol. The number of amides is 1. The maximum Gasteiger partial charge on any atom is 0.271 e. The van der Waals surface area contributed by atoms with Crippen molar-refractivity contribution in [2.75, 3.05) is 5.32 Å². The molecule has 1 aromatic heterocycles. The number of hydrogen-bond acceptors (Lipinski definition) is 4. The molecule has 3 rings (SSSR count). The lowest BCUT2D eigenvalue weighted by molar-refractivity contribution is 0.0934. The lowest BCUT2D eigenvalue weighted by Crippen LogP contribution is -2.27. The maximum atomic E-state index is 12.3. The van der Waals surface area contributed by atoms with Crippen molar-refractivity contribution in [3.8, 4) is 0 Å². The summed E-state index contributed by atoms with van der Waals surface area (Å²) in [6.07, 6.45) is 2.96. The molecule has 1 atom stereocenters. The molecule has 25 heavy (non-hydrogen) atoms. The molecule has 1 unspecified atom stereocenters. The van der Waals surface area contributed by atoms with Crippen LogP contribution in [0, 0.1) is 0 Å². The van der Waals surface area contributed by atoms with Gasteiger partial charge >= 0.3 is 0 Å². The van der Waals surface area contributed by atoms with Crippen LogP contribution in [0.15, 0.2) is 67.0 Å². The number of rotatable bonds is 5. The molecule has 0 fully saturated rings. The van der Waals surface area contributed by atoms with Crippen LogP contribution >= 0.6 is 11.6 Å². The molecule has 0 spiro atoms. The highest BCUT2D eigenvalue weighted by Gasteiger charge is 2.12. The van der Waals surface area contributed by atoms with Crippen LogP contribution < -0.4 is 10.6 Å². The summed E-state index contributed by atoms with van der Waals surface area (Å²) in [5.74, 6) is 0.271. The van der Waals surface area contributed by atoms with Crippen molar-refractivity contribution in [3.05, 3.63) is 83.3 Å². The van der Waals surface area contributed by atoms with Crippen LogP contribution in [0.2, 0.25) is 5.02 Å². The van der Waals surface area contributed by atoms with Gasteiger partial charge in [0, 0.05) is 10.7 Å². The predicted molar refractivity (Wildman–Crippen MR) is 99.1 cm³/mol. The van der Waals surface area contributed by atoms with E-state index in [1.807, 2.05) is 49.4 Å². The molecule has 6 heteroatoms. The van der Waals surface area contributed by atoms with Gasteiger partial charge in [-0.3, -0.25) is 4.79 Å². The molecule has 2 aromatic carbocycles. The third-order valence-electron chi connectivity index (χ3n) is 3.63. The second kappa shape index (κ2) is 7.77. The average Bonchev–Trinajstić information content (AvgIpc) is 2.63. The first-order chi connectivity index (χ1) is 12.1. The Morgan fingerprint density at radius 1 is 1.04 bits per heavy atom. The topological polar surface area (TPSA) is 66.9 Å². The van der Waals surface area contributed by atoms with E-state index >= 15 is 0 Å². The molecule has 0 bridgehead atoms. The van der Waals surface area contributed by atoms with Crippen molar-refractivity contribution in [1.82, 2.24) is 15.3 Å². The van der Waals surface area contributed by atoms with E-state index in [-0.39, 0.29) is 17.6 Å². The van der Waals surface area contributed by atoms with Gasteiger partial charge in [0.2, 0.25) is 0 Å². The summed E-state index contributed by atoms with van der Waals surface area (Å²) in [5, 5.41) is 6.63. The highest BCUT2D eigenvalue weighted by Crippen LogP contribution is 2.18. The minimum atomic E-state index is -0.266. The molecule has 0 radical (unpaired) electrons. The van der Waals surface area contributed by atoms with Gasteiger partial charge in [0.25, 0.3) is 5.91 Å². The van der Waals surface area contributed by atoms with Crippen molar-refractivity contribution < 1.29 is 4.79 Å². The predicted octanol–water partition coefficient (Wildman–Crippen LogP) is 4.36. The molecule has 1 amide bonds. The first-order valence-electron chi connectivity index (χ1n) is 7.82. The third-order valence-corrected chi connectivity index (χ3v) is 3.86. The molecule has 5 nitrogen and oxygen atoms in total. The van der Waals surface area contributed by atoms with Gasteiger partial charge < -0.3 is 10.6 Å². The molecule has 0 aliphatic rings. The number of nitrogens with zero attached hydrogens (tertiary/aromatic N) is 2. The van der Waals surface area contributed by atoms with Gasteiger partial charge in [0.05, 0.1) is 18.4 Å². The van der Waals surface area contributed by atoms with Gasteiger partial charge in [0.15, 0.2) is 0 Å². The zero-order valence-corrected chi connectivity index (χ0v) is 14.4. The van der Waals surface area contributed by atoms with E-state index in [1.165, 1.54) is 12.4 Å². The maximum absolute atomic E-state index is 12.3. The Labute approximate surface area is 151 Å². The van der Waals surface area contributed by atoms with Gasteiger partial charge in [0.1, 0.15) is 11.5 Å². The van der Waals surface area contributed by atoms with Crippen molar-refractivity contribution in [2.45, 2.75) is 13.0 Å². The minimum Gasteiger partial charge on any atom is -0.344 e. The first kappa shape index (κ1) is 16.9. The SMILES string of the molecule is CC(NC(=O)c1cnc(Nc2cccc(Cl)c2)cn1)c1ccccc1. The quantitative estimate of drug-likeness (QED) is 0.715. The standard InChI is InChI=1S/C19H17ClN4O/c1-13(14-6-3-2-4-7-14)23-19(25)17-11-22-18(12-21-17)24-16-9-5-8-15(20)10-16/h2-13H,1H3,(H,22,24)(H,23,25). The summed E-state index contributed by atoms with van der Waals surface area (Å²) in [6, 6.07) is 16.9. The normalized spacial score (nSPS) is 11.6. The highest BCUT2D eigenvalue weighted by atomic mass is 35.5. The molecule has 0 aliphatic carbocycles. The fourth-order valence-corrected chi connectivity index (χ4v) is 2.51. The lowest BCUT2D eigenvalue weighted by atomic mass is 10.1. The number of anilines is 2. The van der Waals surface area contributed by atoms with E-state index in [0.717, 1.165) is 11.3 Å². The number of hydrogen-bond donors (Lipinski definition) is 2. The molecule has 0 saturated carbocycles. The van der Waals surface area contributed by atoms with Crippen LogP contribution in [0.3, 0.4) is 0 Å². The van der Waals surface area contributed by atoms with Gasteiger partial charge in [-0.05, 0) is 30.7 Å². The Bertz CT molecular complexity index is 853. The summed E-state index contributed by atoms with van der Waals surface area (Å²) in [4.78, 5) is 20.7. The Kier molecular flexibility index (Phi) is 5.26. The number of nitrogens with one attached hydrogen (secondary N) is 2. The third kappa shape index (κ3) is 4.55. The molecule has 2 N–H and O–H groups in total. The molecular formula is C19H17ClN4O. The first-order valence-corrected chi connectivity index (χ1v) is 8.20. The van der Waals surface area contributed by atoms with Crippen LogP contribution in [0.5, 0.6) is 0 Å². The van der Waals surface area contributed by atoms with Gasteiger partial charge in [-0.25, -0.2) is 9.97 Å². The second-order valence-corrected chi connectivity index (χ2v) is 5.96. The van der Waals surface area contributed by atoms with E-state index < -0.39 is 0 Å². The van der Waals surface area contributed by atoms with Crippen LogP contribution in [0.25, 0.3) is 0 Å². The number of benzene rings is 2. The highest BCUT2D eigenvalue weighted by molar-refractivity contribution is 6.30. The molecule has 3 aromatic rings. The smallest absolute Gasteiger partial charge is 0.271 e.